The zero-order chi connectivity index (χ0) is 12.1. The van der Waals surface area contributed by atoms with Crippen LogP contribution in [0.15, 0.2) is 36.7 Å². The first-order valence-electron chi connectivity index (χ1n) is 5.40. The maximum absolute atomic E-state index is 8.66. The number of aromatic nitrogens is 2. The highest BCUT2D eigenvalue weighted by Crippen LogP contribution is 2.11. The van der Waals surface area contributed by atoms with E-state index in [0.29, 0.717) is 12.2 Å². The molecule has 0 unspecified atom stereocenters. The second kappa shape index (κ2) is 5.17. The summed E-state index contributed by atoms with van der Waals surface area (Å²) in [6.45, 7) is 3.32. The first-order chi connectivity index (χ1) is 8.29. The minimum atomic E-state index is 0.586. The van der Waals surface area contributed by atoms with Gasteiger partial charge in [0.1, 0.15) is 18.2 Å². The van der Waals surface area contributed by atoms with Gasteiger partial charge in [0.2, 0.25) is 0 Å². The van der Waals surface area contributed by atoms with E-state index in [9.17, 15) is 0 Å². The predicted molar refractivity (Wildman–Crippen MR) is 63.6 cm³/mol. The van der Waals surface area contributed by atoms with E-state index in [1.54, 1.807) is 30.5 Å². The van der Waals surface area contributed by atoms with Crippen LogP contribution >= 0.6 is 0 Å². The van der Waals surface area contributed by atoms with E-state index in [-0.39, 0.29) is 0 Å². The number of benzene rings is 1. The number of nitriles is 1. The predicted octanol–water partition coefficient (Wildman–Crippen LogP) is 2.14. The van der Waals surface area contributed by atoms with Crippen LogP contribution in [0.4, 0.5) is 0 Å². The Balaban J connectivity index is 1.86. The van der Waals surface area contributed by atoms with Gasteiger partial charge in [-0.25, -0.2) is 4.98 Å². The van der Waals surface area contributed by atoms with Crippen LogP contribution in [-0.2, 0) is 6.54 Å². The highest BCUT2D eigenvalue weighted by atomic mass is 16.5. The van der Waals surface area contributed by atoms with Gasteiger partial charge in [-0.2, -0.15) is 5.26 Å². The topological polar surface area (TPSA) is 50.8 Å². The van der Waals surface area contributed by atoms with Crippen molar-refractivity contribution in [2.45, 2.75) is 13.5 Å². The molecule has 86 valence electrons. The average molecular weight is 227 g/mol. The number of aryl methyl sites for hydroxylation is 1. The number of ether oxygens (including phenoxy) is 1. The van der Waals surface area contributed by atoms with Crippen molar-refractivity contribution in [3.05, 3.63) is 48.0 Å². The van der Waals surface area contributed by atoms with Crippen molar-refractivity contribution in [3.8, 4) is 11.8 Å². The van der Waals surface area contributed by atoms with E-state index in [0.717, 1.165) is 18.1 Å². The molecule has 0 saturated heterocycles. The lowest BCUT2D eigenvalue weighted by Crippen LogP contribution is -2.08. The van der Waals surface area contributed by atoms with Gasteiger partial charge < -0.3 is 9.30 Å². The smallest absolute Gasteiger partial charge is 0.119 e. The second-order valence-electron chi connectivity index (χ2n) is 3.65. The molecule has 2 aromatic rings. The first kappa shape index (κ1) is 11.2. The summed E-state index contributed by atoms with van der Waals surface area (Å²) in [5.41, 5.74) is 0.641. The van der Waals surface area contributed by atoms with Gasteiger partial charge >= 0.3 is 0 Å². The highest BCUT2D eigenvalue weighted by molar-refractivity contribution is 5.34. The molecule has 4 nitrogen and oxygen atoms in total. The summed E-state index contributed by atoms with van der Waals surface area (Å²) >= 11 is 0. The molecular weight excluding hydrogens is 214 g/mol. The molecule has 0 atom stereocenters. The van der Waals surface area contributed by atoms with Gasteiger partial charge in [-0.1, -0.05) is 0 Å². The van der Waals surface area contributed by atoms with Crippen LogP contribution in [0.3, 0.4) is 0 Å². The normalized spacial score (nSPS) is 9.88. The molecule has 0 aliphatic rings. The summed E-state index contributed by atoms with van der Waals surface area (Å²) in [5.74, 6) is 1.76. The van der Waals surface area contributed by atoms with E-state index < -0.39 is 0 Å². The SMILES string of the molecule is Cc1nccn1CCOc1ccc(C#N)cc1. The maximum atomic E-state index is 8.66. The van der Waals surface area contributed by atoms with Gasteiger partial charge in [0.25, 0.3) is 0 Å². The van der Waals surface area contributed by atoms with Crippen LogP contribution in [0.5, 0.6) is 5.75 Å². The largest absolute Gasteiger partial charge is 0.492 e. The van der Waals surface area contributed by atoms with Crippen molar-refractivity contribution in [3.63, 3.8) is 0 Å². The van der Waals surface area contributed by atoms with Crippen molar-refractivity contribution in [1.29, 1.82) is 5.26 Å². The van der Waals surface area contributed by atoms with Crippen LogP contribution in [0.25, 0.3) is 0 Å². The summed E-state index contributed by atoms with van der Waals surface area (Å²) in [6, 6.07) is 9.18. The molecule has 0 radical (unpaired) electrons. The van der Waals surface area contributed by atoms with Crippen LogP contribution in [0, 0.1) is 18.3 Å². The molecule has 0 N–H and O–H groups in total. The quantitative estimate of drug-likeness (QED) is 0.804. The van der Waals surface area contributed by atoms with Gasteiger partial charge in [0.15, 0.2) is 0 Å². The summed E-state index contributed by atoms with van der Waals surface area (Å²) in [5, 5.41) is 8.66. The fraction of sp³-hybridized carbons (Fsp3) is 0.231. The maximum Gasteiger partial charge on any atom is 0.119 e. The van der Waals surface area contributed by atoms with Crippen molar-refractivity contribution in [2.75, 3.05) is 6.61 Å². The Morgan fingerprint density at radius 1 is 1.35 bits per heavy atom. The van der Waals surface area contributed by atoms with E-state index in [1.807, 2.05) is 17.7 Å². The molecular formula is C13H13N3O. The van der Waals surface area contributed by atoms with E-state index >= 15 is 0 Å². The first-order valence-corrected chi connectivity index (χ1v) is 5.40. The molecule has 1 aromatic carbocycles. The van der Waals surface area contributed by atoms with Gasteiger partial charge in [0.05, 0.1) is 18.2 Å². The molecule has 2 rings (SSSR count). The van der Waals surface area contributed by atoms with Crippen molar-refractivity contribution in [1.82, 2.24) is 9.55 Å². The minimum Gasteiger partial charge on any atom is -0.492 e. The minimum absolute atomic E-state index is 0.586. The lowest BCUT2D eigenvalue weighted by Gasteiger charge is -2.07. The zero-order valence-corrected chi connectivity index (χ0v) is 9.63. The highest BCUT2D eigenvalue weighted by Gasteiger charge is 1.98. The molecule has 1 heterocycles. The molecule has 0 spiro atoms. The van der Waals surface area contributed by atoms with Crippen LogP contribution < -0.4 is 4.74 Å². The Bertz CT molecular complexity index is 522. The number of hydrogen-bond acceptors (Lipinski definition) is 3. The summed E-state index contributed by atoms with van der Waals surface area (Å²) in [7, 11) is 0. The monoisotopic (exact) mass is 227 g/mol. The molecule has 0 aliphatic carbocycles. The Labute approximate surface area is 100 Å². The Kier molecular flexibility index (Phi) is 3.41. The molecule has 0 saturated carbocycles. The summed E-state index contributed by atoms with van der Waals surface area (Å²) in [6.07, 6.45) is 3.70. The van der Waals surface area contributed by atoms with Gasteiger partial charge in [-0.05, 0) is 31.2 Å². The van der Waals surface area contributed by atoms with Gasteiger partial charge in [-0.3, -0.25) is 0 Å². The summed E-state index contributed by atoms with van der Waals surface area (Å²) < 4.78 is 7.61. The van der Waals surface area contributed by atoms with Crippen LogP contribution in [-0.4, -0.2) is 16.2 Å². The number of rotatable bonds is 4. The zero-order valence-electron chi connectivity index (χ0n) is 9.63. The molecule has 0 amide bonds. The van der Waals surface area contributed by atoms with E-state index in [1.165, 1.54) is 0 Å². The van der Waals surface area contributed by atoms with E-state index in [4.69, 9.17) is 10.00 Å². The fourth-order valence-corrected chi connectivity index (χ4v) is 1.53. The van der Waals surface area contributed by atoms with E-state index in [2.05, 4.69) is 11.1 Å². The molecule has 17 heavy (non-hydrogen) atoms. The van der Waals surface area contributed by atoms with Crippen molar-refractivity contribution >= 4 is 0 Å². The van der Waals surface area contributed by atoms with Gasteiger partial charge in [-0.15, -0.1) is 0 Å². The summed E-state index contributed by atoms with van der Waals surface area (Å²) in [4.78, 5) is 4.14. The second-order valence-corrected chi connectivity index (χ2v) is 3.65. The number of nitrogens with zero attached hydrogens (tertiary/aromatic N) is 3. The van der Waals surface area contributed by atoms with Crippen molar-refractivity contribution in [2.24, 2.45) is 0 Å². The molecule has 0 bridgehead atoms. The molecule has 0 aliphatic heterocycles. The Hall–Kier alpha value is -2.28. The molecule has 0 fully saturated rings. The lowest BCUT2D eigenvalue weighted by molar-refractivity contribution is 0.297. The Morgan fingerprint density at radius 2 is 2.12 bits per heavy atom. The number of imidazole rings is 1. The Morgan fingerprint density at radius 3 is 2.71 bits per heavy atom. The fourth-order valence-electron chi connectivity index (χ4n) is 1.53. The van der Waals surface area contributed by atoms with Gasteiger partial charge in [0, 0.05) is 12.4 Å². The van der Waals surface area contributed by atoms with Crippen molar-refractivity contribution < 1.29 is 4.74 Å². The van der Waals surface area contributed by atoms with Crippen LogP contribution in [0.1, 0.15) is 11.4 Å². The average Bonchev–Trinajstić information content (AvgIpc) is 2.76. The number of hydrogen-bond donors (Lipinski definition) is 0. The standard InChI is InChI=1S/C13H13N3O/c1-11-15-6-7-16(11)8-9-17-13-4-2-12(10-14)3-5-13/h2-7H,8-9H2,1H3. The lowest BCUT2D eigenvalue weighted by atomic mass is 10.2. The third kappa shape index (κ3) is 2.85. The third-order valence-corrected chi connectivity index (χ3v) is 2.51. The molecule has 1 aromatic heterocycles. The molecule has 4 heteroatoms. The third-order valence-electron chi connectivity index (χ3n) is 2.51. The van der Waals surface area contributed by atoms with Crippen LogP contribution in [0.2, 0.25) is 0 Å².